The minimum atomic E-state index is -0.00310. The zero-order valence-corrected chi connectivity index (χ0v) is 27.0. The molecule has 0 heterocycles. The van der Waals surface area contributed by atoms with Crippen molar-refractivity contribution in [1.29, 1.82) is 0 Å². The van der Waals surface area contributed by atoms with E-state index in [0.717, 1.165) is 97.3 Å². The van der Waals surface area contributed by atoms with Gasteiger partial charge >= 0.3 is 0 Å². The largest absolute Gasteiger partial charge is 0.504 e. The molecule has 4 aromatic rings. The van der Waals surface area contributed by atoms with Gasteiger partial charge in [0.2, 0.25) is 0 Å². The van der Waals surface area contributed by atoms with Crippen LogP contribution in [-0.4, -0.2) is 36.6 Å². The second kappa shape index (κ2) is 16.9. The van der Waals surface area contributed by atoms with Gasteiger partial charge in [0, 0.05) is 11.1 Å². The van der Waals surface area contributed by atoms with E-state index in [-0.39, 0.29) is 11.5 Å². The lowest BCUT2D eigenvalue weighted by Gasteiger charge is -2.20. The average molecular weight is 603 g/mol. The summed E-state index contributed by atoms with van der Waals surface area (Å²) in [5, 5.41) is 26.9. The Morgan fingerprint density at radius 3 is 1.23 bits per heavy atom. The molecule has 0 atom stereocenters. The summed E-state index contributed by atoms with van der Waals surface area (Å²) in [4.78, 5) is 0. The summed E-state index contributed by atoms with van der Waals surface area (Å²) in [5.74, 6) is 2.28. The van der Waals surface area contributed by atoms with Crippen LogP contribution >= 0.6 is 0 Å². The minimum absolute atomic E-state index is 0.00310. The van der Waals surface area contributed by atoms with Crippen molar-refractivity contribution in [3.05, 3.63) is 48.5 Å². The lowest BCUT2D eigenvalue weighted by Crippen LogP contribution is -2.01. The summed E-state index contributed by atoms with van der Waals surface area (Å²) in [7, 11) is 0. The highest BCUT2D eigenvalue weighted by Crippen LogP contribution is 2.52. The van der Waals surface area contributed by atoms with Crippen LogP contribution in [0.5, 0.6) is 34.5 Å². The lowest BCUT2D eigenvalue weighted by atomic mass is 9.91. The molecule has 0 aliphatic heterocycles. The fourth-order valence-corrected chi connectivity index (χ4v) is 5.34. The molecule has 0 fully saturated rings. The first-order chi connectivity index (χ1) is 21.5. The average Bonchev–Trinajstić information content (AvgIpc) is 3.03. The van der Waals surface area contributed by atoms with Crippen molar-refractivity contribution < 1.29 is 29.2 Å². The molecule has 0 bridgehead atoms. The Labute approximate surface area is 262 Å². The molecule has 0 amide bonds. The SMILES string of the molecule is CCCCCOc1cc2cc(OCCCC)ccc2c(-c2c(O)c(OCCCCC)cc3cc(OCCCC)ccc23)c1O. The Kier molecular flexibility index (Phi) is 12.7. The van der Waals surface area contributed by atoms with Gasteiger partial charge < -0.3 is 29.2 Å². The molecule has 0 aromatic heterocycles. The quantitative estimate of drug-likeness (QED) is 0.104. The van der Waals surface area contributed by atoms with Gasteiger partial charge in [-0.1, -0.05) is 66.2 Å². The van der Waals surface area contributed by atoms with Gasteiger partial charge in [-0.2, -0.15) is 0 Å². The Balaban J connectivity index is 1.91. The van der Waals surface area contributed by atoms with Crippen molar-refractivity contribution in [3.63, 3.8) is 0 Å². The van der Waals surface area contributed by atoms with Crippen molar-refractivity contribution in [2.75, 3.05) is 26.4 Å². The van der Waals surface area contributed by atoms with Crippen LogP contribution < -0.4 is 18.9 Å². The van der Waals surface area contributed by atoms with E-state index in [0.29, 0.717) is 49.1 Å². The Bertz CT molecular complexity index is 1380. The predicted octanol–water partition coefficient (Wildman–Crippen LogP) is 10.6. The van der Waals surface area contributed by atoms with E-state index in [1.54, 1.807) is 0 Å². The number of benzene rings is 4. The van der Waals surface area contributed by atoms with Crippen molar-refractivity contribution in [1.82, 2.24) is 0 Å². The van der Waals surface area contributed by atoms with Crippen LogP contribution in [0.1, 0.15) is 91.9 Å². The number of phenolic OH excluding ortho intramolecular Hbond substituents is 2. The molecule has 238 valence electrons. The van der Waals surface area contributed by atoms with Crippen LogP contribution in [0.3, 0.4) is 0 Å². The zero-order valence-electron chi connectivity index (χ0n) is 27.0. The van der Waals surface area contributed by atoms with Gasteiger partial charge in [0.05, 0.1) is 26.4 Å². The second-order valence-corrected chi connectivity index (χ2v) is 11.5. The Morgan fingerprint density at radius 2 is 0.841 bits per heavy atom. The molecule has 0 aliphatic carbocycles. The van der Waals surface area contributed by atoms with E-state index < -0.39 is 0 Å². The fraction of sp³-hybridized carbons (Fsp3) is 0.474. The topological polar surface area (TPSA) is 77.4 Å². The maximum absolute atomic E-state index is 11.8. The third kappa shape index (κ3) is 8.22. The molecule has 4 aromatic carbocycles. The molecule has 44 heavy (non-hydrogen) atoms. The molecule has 6 nitrogen and oxygen atoms in total. The number of aromatic hydroxyl groups is 2. The highest BCUT2D eigenvalue weighted by Gasteiger charge is 2.24. The van der Waals surface area contributed by atoms with E-state index in [1.807, 2.05) is 48.5 Å². The first kappa shape index (κ1) is 33.1. The molecule has 0 spiro atoms. The third-order valence-electron chi connectivity index (χ3n) is 7.89. The van der Waals surface area contributed by atoms with E-state index in [2.05, 4.69) is 27.7 Å². The normalized spacial score (nSPS) is 11.3. The van der Waals surface area contributed by atoms with Crippen LogP contribution in [0.15, 0.2) is 48.5 Å². The first-order valence-electron chi connectivity index (χ1n) is 16.6. The van der Waals surface area contributed by atoms with E-state index in [4.69, 9.17) is 18.9 Å². The van der Waals surface area contributed by atoms with Crippen LogP contribution in [-0.2, 0) is 0 Å². The molecule has 0 radical (unpaired) electrons. The number of fused-ring (bicyclic) bond motifs is 2. The predicted molar refractivity (Wildman–Crippen MR) is 181 cm³/mol. The van der Waals surface area contributed by atoms with Gasteiger partial charge in [-0.3, -0.25) is 0 Å². The van der Waals surface area contributed by atoms with Gasteiger partial charge in [0.15, 0.2) is 23.0 Å². The third-order valence-corrected chi connectivity index (χ3v) is 7.89. The van der Waals surface area contributed by atoms with Gasteiger partial charge in [-0.25, -0.2) is 0 Å². The smallest absolute Gasteiger partial charge is 0.166 e. The van der Waals surface area contributed by atoms with Gasteiger partial charge in [-0.15, -0.1) is 0 Å². The summed E-state index contributed by atoms with van der Waals surface area (Å²) in [6.45, 7) is 10.8. The molecular weight excluding hydrogens is 552 g/mol. The lowest BCUT2D eigenvalue weighted by molar-refractivity contribution is 0.290. The number of unbranched alkanes of at least 4 members (excludes halogenated alkanes) is 6. The Morgan fingerprint density at radius 1 is 0.455 bits per heavy atom. The zero-order chi connectivity index (χ0) is 31.3. The highest BCUT2D eigenvalue weighted by molar-refractivity contribution is 6.11. The second-order valence-electron chi connectivity index (χ2n) is 11.5. The van der Waals surface area contributed by atoms with Crippen molar-refractivity contribution in [2.45, 2.75) is 91.9 Å². The van der Waals surface area contributed by atoms with Crippen LogP contribution in [0.25, 0.3) is 32.7 Å². The molecule has 0 saturated carbocycles. The summed E-state index contributed by atoms with van der Waals surface area (Å²) in [5.41, 5.74) is 1.02. The molecule has 0 unspecified atom stereocenters. The first-order valence-corrected chi connectivity index (χ1v) is 16.6. The summed E-state index contributed by atoms with van der Waals surface area (Å²) in [6.07, 6.45) is 10.1. The number of rotatable bonds is 19. The minimum Gasteiger partial charge on any atom is -0.504 e. The van der Waals surface area contributed by atoms with Crippen LogP contribution in [0, 0.1) is 0 Å². The van der Waals surface area contributed by atoms with Crippen molar-refractivity contribution in [2.24, 2.45) is 0 Å². The monoisotopic (exact) mass is 602 g/mol. The van der Waals surface area contributed by atoms with E-state index in [9.17, 15) is 10.2 Å². The van der Waals surface area contributed by atoms with E-state index in [1.165, 1.54) is 0 Å². The molecule has 2 N–H and O–H groups in total. The number of ether oxygens (including phenoxy) is 4. The highest BCUT2D eigenvalue weighted by atomic mass is 16.5. The van der Waals surface area contributed by atoms with Crippen molar-refractivity contribution in [3.8, 4) is 45.6 Å². The van der Waals surface area contributed by atoms with Crippen LogP contribution in [0.2, 0.25) is 0 Å². The fourth-order valence-electron chi connectivity index (χ4n) is 5.34. The molecule has 4 rings (SSSR count). The van der Waals surface area contributed by atoms with Gasteiger partial charge in [0.25, 0.3) is 0 Å². The molecule has 0 saturated heterocycles. The number of phenols is 2. The van der Waals surface area contributed by atoms with Gasteiger partial charge in [0.1, 0.15) is 11.5 Å². The number of hydrogen-bond donors (Lipinski definition) is 2. The van der Waals surface area contributed by atoms with Crippen LogP contribution in [0.4, 0.5) is 0 Å². The van der Waals surface area contributed by atoms with Crippen molar-refractivity contribution >= 4 is 21.5 Å². The summed E-state index contributed by atoms with van der Waals surface area (Å²) < 4.78 is 24.4. The molecule has 6 heteroatoms. The summed E-state index contributed by atoms with van der Waals surface area (Å²) in [6, 6.07) is 15.5. The number of hydrogen-bond acceptors (Lipinski definition) is 6. The van der Waals surface area contributed by atoms with E-state index >= 15 is 0 Å². The maximum Gasteiger partial charge on any atom is 0.166 e. The Hall–Kier alpha value is -3.80. The summed E-state index contributed by atoms with van der Waals surface area (Å²) >= 11 is 0. The van der Waals surface area contributed by atoms with Gasteiger partial charge in [-0.05, 0) is 95.8 Å². The standard InChI is InChI=1S/C38H50O6/c1-5-9-13-21-43-33-25-27-23-29(41-19-11-7-3)15-17-31(27)35(37(33)39)36-32-18-16-30(42-20-12-8-4)24-28(32)26-34(38(36)40)44-22-14-10-6-2/h15-18,23-26,39-40H,5-14,19-22H2,1-4H3. The molecular formula is C38H50O6. The molecule has 0 aliphatic rings. The maximum atomic E-state index is 11.8.